The van der Waals surface area contributed by atoms with Crippen LogP contribution in [0.15, 0.2) is 30.3 Å². The number of nitrogens with two attached hydrogens (primary N) is 1. The number of hydrogen-bond acceptors (Lipinski definition) is 6. The predicted octanol–water partition coefficient (Wildman–Crippen LogP) is 1.73. The molecule has 2 N–H and O–H groups in total. The van der Waals surface area contributed by atoms with Gasteiger partial charge in [0.15, 0.2) is 12.0 Å². The van der Waals surface area contributed by atoms with Crippen LogP contribution < -0.4 is 15.5 Å². The van der Waals surface area contributed by atoms with Crippen molar-refractivity contribution in [2.75, 3.05) is 29.1 Å². The molecular weight excluding hydrogens is 311 g/mol. The highest BCUT2D eigenvalue weighted by Gasteiger charge is 2.36. The maximum atomic E-state index is 13.5. The van der Waals surface area contributed by atoms with Gasteiger partial charge < -0.3 is 15.5 Å². The Balaban J connectivity index is 1.84. The van der Waals surface area contributed by atoms with E-state index < -0.39 is 12.2 Å². The Morgan fingerprint density at radius 3 is 2.67 bits per heavy atom. The number of anilines is 3. The first-order valence-electron chi connectivity index (χ1n) is 7.72. The number of para-hydroxylation sites is 1. The first-order chi connectivity index (χ1) is 11.5. The molecule has 2 unspecified atom stereocenters. The average molecular weight is 330 g/mol. The Morgan fingerprint density at radius 1 is 1.29 bits per heavy atom. The fourth-order valence-corrected chi connectivity index (χ4v) is 2.76. The second-order valence-corrected chi connectivity index (χ2v) is 5.71. The molecule has 1 fully saturated rings. The van der Waals surface area contributed by atoms with Crippen molar-refractivity contribution in [3.63, 3.8) is 0 Å². The number of amides is 1. The molecule has 1 aliphatic heterocycles. The van der Waals surface area contributed by atoms with Crippen molar-refractivity contribution >= 4 is 23.5 Å². The van der Waals surface area contributed by atoms with Crippen molar-refractivity contribution in [1.29, 1.82) is 0 Å². The van der Waals surface area contributed by atoms with Crippen LogP contribution in [0.4, 0.5) is 22.0 Å². The van der Waals surface area contributed by atoms with Crippen LogP contribution in [0, 0.1) is 0 Å². The standard InChI is InChI=1S/C16H19FN6O/c1-10(17)13-19-15(18)21-16(20-13)22(2)12-8-9-23(14(12)24)11-6-4-3-5-7-11/h3-7,10,12H,8-9H2,1-2H3,(H2,18,19,20,21). The van der Waals surface area contributed by atoms with Crippen LogP contribution in [0.1, 0.15) is 25.3 Å². The van der Waals surface area contributed by atoms with Gasteiger partial charge in [-0.1, -0.05) is 18.2 Å². The van der Waals surface area contributed by atoms with E-state index in [1.54, 1.807) is 16.8 Å². The Kier molecular flexibility index (Phi) is 4.28. The molecule has 1 saturated heterocycles. The summed E-state index contributed by atoms with van der Waals surface area (Å²) in [6, 6.07) is 9.05. The van der Waals surface area contributed by atoms with E-state index in [2.05, 4.69) is 15.0 Å². The summed E-state index contributed by atoms with van der Waals surface area (Å²) < 4.78 is 13.5. The van der Waals surface area contributed by atoms with Crippen LogP contribution in [0.5, 0.6) is 0 Å². The van der Waals surface area contributed by atoms with E-state index in [-0.39, 0.29) is 23.6 Å². The molecule has 2 aromatic rings. The Labute approximate surface area is 139 Å². The lowest BCUT2D eigenvalue weighted by Crippen LogP contribution is -2.40. The van der Waals surface area contributed by atoms with E-state index >= 15 is 0 Å². The molecule has 7 nitrogen and oxygen atoms in total. The topological polar surface area (TPSA) is 88.2 Å². The summed E-state index contributed by atoms with van der Waals surface area (Å²) in [5.74, 6) is 0.0687. The second-order valence-electron chi connectivity index (χ2n) is 5.71. The number of aromatic nitrogens is 3. The number of nitrogens with zero attached hydrogens (tertiary/aromatic N) is 5. The van der Waals surface area contributed by atoms with Gasteiger partial charge in [-0.05, 0) is 25.5 Å². The molecule has 1 aliphatic rings. The van der Waals surface area contributed by atoms with Gasteiger partial charge in [0.1, 0.15) is 6.04 Å². The van der Waals surface area contributed by atoms with Crippen LogP contribution in [-0.4, -0.2) is 40.5 Å². The van der Waals surface area contributed by atoms with Gasteiger partial charge in [-0.3, -0.25) is 4.79 Å². The van der Waals surface area contributed by atoms with Crippen LogP contribution in [0.25, 0.3) is 0 Å². The molecule has 2 heterocycles. The number of benzene rings is 1. The molecule has 0 radical (unpaired) electrons. The zero-order valence-electron chi connectivity index (χ0n) is 13.6. The van der Waals surface area contributed by atoms with Gasteiger partial charge in [0.2, 0.25) is 17.8 Å². The monoisotopic (exact) mass is 330 g/mol. The number of nitrogen functional groups attached to an aromatic ring is 1. The third kappa shape index (κ3) is 2.99. The fourth-order valence-electron chi connectivity index (χ4n) is 2.76. The summed E-state index contributed by atoms with van der Waals surface area (Å²) in [4.78, 5) is 28.0. The largest absolute Gasteiger partial charge is 0.368 e. The lowest BCUT2D eigenvalue weighted by atomic mass is 10.2. The minimum Gasteiger partial charge on any atom is -0.368 e. The normalized spacial score (nSPS) is 18.7. The highest BCUT2D eigenvalue weighted by molar-refractivity contribution is 6.01. The van der Waals surface area contributed by atoms with Crippen LogP contribution in [0.2, 0.25) is 0 Å². The summed E-state index contributed by atoms with van der Waals surface area (Å²) in [6.07, 6.45) is -0.737. The van der Waals surface area contributed by atoms with Crippen LogP contribution >= 0.6 is 0 Å². The van der Waals surface area contributed by atoms with Crippen molar-refractivity contribution in [3.05, 3.63) is 36.2 Å². The summed E-state index contributed by atoms with van der Waals surface area (Å²) in [5, 5.41) is 0. The third-order valence-electron chi connectivity index (χ3n) is 4.04. The van der Waals surface area contributed by atoms with Gasteiger partial charge in [0.05, 0.1) is 0 Å². The summed E-state index contributed by atoms with van der Waals surface area (Å²) >= 11 is 0. The lowest BCUT2D eigenvalue weighted by molar-refractivity contribution is -0.118. The molecule has 1 aromatic carbocycles. The number of hydrogen-bond donors (Lipinski definition) is 1. The highest BCUT2D eigenvalue weighted by Crippen LogP contribution is 2.26. The quantitative estimate of drug-likeness (QED) is 0.918. The zero-order valence-corrected chi connectivity index (χ0v) is 13.6. The molecular formula is C16H19FN6O. The van der Waals surface area contributed by atoms with Gasteiger partial charge >= 0.3 is 0 Å². The van der Waals surface area contributed by atoms with Gasteiger partial charge in [-0.15, -0.1) is 0 Å². The first-order valence-corrected chi connectivity index (χ1v) is 7.72. The molecule has 8 heteroatoms. The molecule has 1 aromatic heterocycles. The number of halogens is 1. The van der Waals surface area contributed by atoms with Crippen molar-refractivity contribution < 1.29 is 9.18 Å². The predicted molar refractivity (Wildman–Crippen MR) is 89.4 cm³/mol. The van der Waals surface area contributed by atoms with E-state index in [9.17, 15) is 9.18 Å². The maximum Gasteiger partial charge on any atom is 0.249 e. The highest BCUT2D eigenvalue weighted by atomic mass is 19.1. The molecule has 126 valence electrons. The van der Waals surface area contributed by atoms with Crippen LogP contribution in [-0.2, 0) is 4.79 Å². The number of rotatable bonds is 4. The van der Waals surface area contributed by atoms with Crippen molar-refractivity contribution in [1.82, 2.24) is 15.0 Å². The first kappa shape index (κ1) is 16.1. The van der Waals surface area contributed by atoms with Gasteiger partial charge in [-0.25, -0.2) is 4.39 Å². The Morgan fingerprint density at radius 2 is 2.00 bits per heavy atom. The number of carbonyl (C=O) groups is 1. The average Bonchev–Trinajstić information content (AvgIpc) is 2.96. The molecule has 0 saturated carbocycles. The lowest BCUT2D eigenvalue weighted by Gasteiger charge is -2.24. The van der Waals surface area contributed by atoms with Crippen molar-refractivity contribution in [3.8, 4) is 0 Å². The Bertz CT molecular complexity index is 739. The SMILES string of the molecule is CC(F)c1nc(N)nc(N(C)C2CCN(c3ccccc3)C2=O)n1. The molecule has 0 aliphatic carbocycles. The summed E-state index contributed by atoms with van der Waals surface area (Å²) in [7, 11) is 1.71. The molecule has 24 heavy (non-hydrogen) atoms. The van der Waals surface area contributed by atoms with Crippen molar-refractivity contribution in [2.45, 2.75) is 25.6 Å². The smallest absolute Gasteiger partial charge is 0.249 e. The number of alkyl halides is 1. The van der Waals surface area contributed by atoms with E-state index in [4.69, 9.17) is 5.73 Å². The van der Waals surface area contributed by atoms with E-state index in [0.29, 0.717) is 13.0 Å². The molecule has 1 amide bonds. The summed E-state index contributed by atoms with van der Waals surface area (Å²) in [5.41, 5.74) is 6.49. The van der Waals surface area contributed by atoms with Crippen LogP contribution in [0.3, 0.4) is 0 Å². The minimum absolute atomic E-state index is 0.0327. The molecule has 0 spiro atoms. The Hall–Kier alpha value is -2.77. The van der Waals surface area contributed by atoms with E-state index in [1.165, 1.54) is 6.92 Å². The third-order valence-corrected chi connectivity index (χ3v) is 4.04. The minimum atomic E-state index is -1.36. The van der Waals surface area contributed by atoms with Gasteiger partial charge in [-0.2, -0.15) is 15.0 Å². The van der Waals surface area contributed by atoms with E-state index in [0.717, 1.165) is 5.69 Å². The maximum absolute atomic E-state index is 13.5. The second kappa shape index (κ2) is 6.38. The van der Waals surface area contributed by atoms with Gasteiger partial charge in [0, 0.05) is 19.3 Å². The number of carbonyl (C=O) groups excluding carboxylic acids is 1. The molecule has 0 bridgehead atoms. The summed E-state index contributed by atoms with van der Waals surface area (Å²) in [6.45, 7) is 1.93. The van der Waals surface area contributed by atoms with E-state index in [1.807, 2.05) is 30.3 Å². The zero-order chi connectivity index (χ0) is 17.3. The fraction of sp³-hybridized carbons (Fsp3) is 0.375. The van der Waals surface area contributed by atoms with Gasteiger partial charge in [0.25, 0.3) is 0 Å². The number of likely N-dealkylation sites (N-methyl/N-ethyl adjacent to an activating group) is 1. The molecule has 2 atom stereocenters. The molecule has 3 rings (SSSR count). The van der Waals surface area contributed by atoms with Crippen molar-refractivity contribution in [2.24, 2.45) is 0 Å².